The lowest BCUT2D eigenvalue weighted by atomic mass is 9.92. The minimum absolute atomic E-state index is 0.155. The zero-order valence-electron chi connectivity index (χ0n) is 13.1. The Morgan fingerprint density at radius 1 is 1.32 bits per heavy atom. The van der Waals surface area contributed by atoms with Crippen molar-refractivity contribution in [3.05, 3.63) is 35.4 Å². The minimum Gasteiger partial charge on any atom is -0.466 e. The number of carbonyl (C=O) groups is 2. The SMILES string of the molecule is CCOC(=O)CCCCN1CCc2ccccc2[C@H]1C(N)=O. The number of nitrogens with two attached hydrogens (primary N) is 1. The summed E-state index contributed by atoms with van der Waals surface area (Å²) in [7, 11) is 0. The zero-order valence-corrected chi connectivity index (χ0v) is 13.1. The highest BCUT2D eigenvalue weighted by Gasteiger charge is 2.30. The molecule has 1 heterocycles. The fourth-order valence-corrected chi connectivity index (χ4v) is 3.01. The Bertz CT molecular complexity index is 530. The quantitative estimate of drug-likeness (QED) is 0.616. The van der Waals surface area contributed by atoms with Crippen LogP contribution in [0.25, 0.3) is 0 Å². The molecule has 22 heavy (non-hydrogen) atoms. The van der Waals surface area contributed by atoms with Gasteiger partial charge in [-0.25, -0.2) is 0 Å². The number of hydrogen-bond acceptors (Lipinski definition) is 4. The van der Waals surface area contributed by atoms with Gasteiger partial charge >= 0.3 is 5.97 Å². The van der Waals surface area contributed by atoms with E-state index >= 15 is 0 Å². The largest absolute Gasteiger partial charge is 0.466 e. The number of nitrogens with zero attached hydrogens (tertiary/aromatic N) is 1. The predicted molar refractivity (Wildman–Crippen MR) is 84.1 cm³/mol. The molecule has 1 aromatic rings. The maximum absolute atomic E-state index is 11.9. The molecular formula is C17H24N2O3. The number of unbranched alkanes of at least 4 members (excludes halogenated alkanes) is 1. The molecule has 0 bridgehead atoms. The van der Waals surface area contributed by atoms with Crippen molar-refractivity contribution >= 4 is 11.9 Å². The number of amides is 1. The van der Waals surface area contributed by atoms with Crippen LogP contribution in [0.3, 0.4) is 0 Å². The first kappa shape index (κ1) is 16.5. The number of esters is 1. The molecule has 5 nitrogen and oxygen atoms in total. The van der Waals surface area contributed by atoms with Crippen LogP contribution in [-0.4, -0.2) is 36.5 Å². The Morgan fingerprint density at radius 3 is 2.82 bits per heavy atom. The smallest absolute Gasteiger partial charge is 0.305 e. The van der Waals surface area contributed by atoms with Crippen molar-refractivity contribution in [3.8, 4) is 0 Å². The lowest BCUT2D eigenvalue weighted by Gasteiger charge is -2.35. The maximum Gasteiger partial charge on any atom is 0.305 e. The Kier molecular flexibility index (Phi) is 5.95. The number of fused-ring (bicyclic) bond motifs is 1. The van der Waals surface area contributed by atoms with Crippen molar-refractivity contribution in [2.45, 2.75) is 38.6 Å². The minimum atomic E-state index is -0.354. The number of primary amides is 1. The highest BCUT2D eigenvalue weighted by molar-refractivity contribution is 5.82. The summed E-state index contributed by atoms with van der Waals surface area (Å²) in [6.45, 7) is 3.82. The number of hydrogen-bond donors (Lipinski definition) is 1. The van der Waals surface area contributed by atoms with Gasteiger partial charge in [0.15, 0.2) is 0 Å². The molecule has 0 saturated heterocycles. The van der Waals surface area contributed by atoms with E-state index in [0.717, 1.165) is 37.9 Å². The van der Waals surface area contributed by atoms with Crippen molar-refractivity contribution in [1.29, 1.82) is 0 Å². The topological polar surface area (TPSA) is 72.6 Å². The van der Waals surface area contributed by atoms with Crippen molar-refractivity contribution in [2.75, 3.05) is 19.7 Å². The fraction of sp³-hybridized carbons (Fsp3) is 0.529. The van der Waals surface area contributed by atoms with E-state index in [2.05, 4.69) is 11.0 Å². The third kappa shape index (κ3) is 4.07. The molecule has 0 spiro atoms. The highest BCUT2D eigenvalue weighted by atomic mass is 16.5. The molecule has 1 atom stereocenters. The summed E-state index contributed by atoms with van der Waals surface area (Å²) >= 11 is 0. The van der Waals surface area contributed by atoms with Crippen LogP contribution in [0.2, 0.25) is 0 Å². The number of carbonyl (C=O) groups excluding carboxylic acids is 2. The third-order valence-corrected chi connectivity index (χ3v) is 4.03. The summed E-state index contributed by atoms with van der Waals surface area (Å²) in [6, 6.07) is 7.62. The van der Waals surface area contributed by atoms with Gasteiger partial charge < -0.3 is 10.5 Å². The van der Waals surface area contributed by atoms with Crippen LogP contribution in [0, 0.1) is 0 Å². The van der Waals surface area contributed by atoms with Gasteiger partial charge in [-0.15, -0.1) is 0 Å². The number of rotatable bonds is 7. The molecule has 0 aromatic heterocycles. The van der Waals surface area contributed by atoms with Gasteiger partial charge in [0.2, 0.25) is 5.91 Å². The molecule has 0 aliphatic carbocycles. The molecule has 1 aliphatic heterocycles. The summed E-state index contributed by atoms with van der Waals surface area (Å²) < 4.78 is 4.91. The molecule has 2 N–H and O–H groups in total. The normalized spacial score (nSPS) is 17.8. The van der Waals surface area contributed by atoms with E-state index in [9.17, 15) is 9.59 Å². The molecular weight excluding hydrogens is 280 g/mol. The third-order valence-electron chi connectivity index (χ3n) is 4.03. The molecule has 1 aliphatic rings. The van der Waals surface area contributed by atoms with Crippen LogP contribution in [-0.2, 0) is 20.7 Å². The average Bonchev–Trinajstić information content (AvgIpc) is 2.51. The van der Waals surface area contributed by atoms with Crippen molar-refractivity contribution in [1.82, 2.24) is 4.90 Å². The fourth-order valence-electron chi connectivity index (χ4n) is 3.01. The monoisotopic (exact) mass is 304 g/mol. The van der Waals surface area contributed by atoms with Gasteiger partial charge in [-0.2, -0.15) is 0 Å². The van der Waals surface area contributed by atoms with Gasteiger partial charge in [-0.1, -0.05) is 24.3 Å². The number of benzene rings is 1. The second-order valence-electron chi connectivity index (χ2n) is 5.55. The molecule has 120 valence electrons. The van der Waals surface area contributed by atoms with E-state index in [0.29, 0.717) is 13.0 Å². The lowest BCUT2D eigenvalue weighted by molar-refractivity contribution is -0.143. The van der Waals surface area contributed by atoms with Crippen LogP contribution in [0.5, 0.6) is 0 Å². The molecule has 1 aromatic carbocycles. The summed E-state index contributed by atoms with van der Waals surface area (Å²) in [5, 5.41) is 0. The van der Waals surface area contributed by atoms with Crippen LogP contribution < -0.4 is 5.73 Å². The van der Waals surface area contributed by atoms with Crippen LogP contribution in [0.15, 0.2) is 24.3 Å². The highest BCUT2D eigenvalue weighted by Crippen LogP contribution is 2.29. The first-order valence-electron chi connectivity index (χ1n) is 7.90. The molecule has 2 rings (SSSR count). The van der Waals surface area contributed by atoms with E-state index in [1.54, 1.807) is 6.92 Å². The molecule has 0 saturated carbocycles. The van der Waals surface area contributed by atoms with Gasteiger partial charge in [0.25, 0.3) is 0 Å². The second kappa shape index (κ2) is 7.94. The number of ether oxygens (including phenoxy) is 1. The molecule has 0 fully saturated rings. The van der Waals surface area contributed by atoms with Gasteiger partial charge in [-0.3, -0.25) is 14.5 Å². The van der Waals surface area contributed by atoms with Crippen LogP contribution in [0.4, 0.5) is 0 Å². The molecule has 0 radical (unpaired) electrons. The molecule has 5 heteroatoms. The van der Waals surface area contributed by atoms with E-state index in [1.807, 2.05) is 18.2 Å². The predicted octanol–water partition coefficient (Wildman–Crippen LogP) is 1.80. The van der Waals surface area contributed by atoms with Crippen molar-refractivity contribution in [2.24, 2.45) is 5.73 Å². The van der Waals surface area contributed by atoms with E-state index in [1.165, 1.54) is 5.56 Å². The van der Waals surface area contributed by atoms with Gasteiger partial charge in [0.05, 0.1) is 6.61 Å². The first-order valence-corrected chi connectivity index (χ1v) is 7.90. The summed E-state index contributed by atoms with van der Waals surface area (Å²) in [5.74, 6) is -0.463. The van der Waals surface area contributed by atoms with Gasteiger partial charge in [-0.05, 0) is 43.9 Å². The molecule has 0 unspecified atom stereocenters. The zero-order chi connectivity index (χ0) is 15.9. The second-order valence-corrected chi connectivity index (χ2v) is 5.55. The van der Waals surface area contributed by atoms with Gasteiger partial charge in [0, 0.05) is 13.0 Å². The molecule has 1 amide bonds. The standard InChI is InChI=1S/C17H24N2O3/c1-2-22-15(20)9-5-6-11-19-12-10-13-7-3-4-8-14(13)16(19)17(18)21/h3-4,7-8,16H,2,5-6,9-12H2,1H3,(H2,18,21)/t16-/m0/s1. The first-order chi connectivity index (χ1) is 10.6. The van der Waals surface area contributed by atoms with Crippen LogP contribution in [0.1, 0.15) is 43.4 Å². The van der Waals surface area contributed by atoms with Gasteiger partial charge in [0.1, 0.15) is 6.04 Å². The van der Waals surface area contributed by atoms with Crippen LogP contribution >= 0.6 is 0 Å². The van der Waals surface area contributed by atoms with Crippen molar-refractivity contribution in [3.63, 3.8) is 0 Å². The van der Waals surface area contributed by atoms with E-state index in [-0.39, 0.29) is 17.9 Å². The Labute approximate surface area is 131 Å². The Balaban J connectivity index is 1.91. The maximum atomic E-state index is 11.9. The average molecular weight is 304 g/mol. The Hall–Kier alpha value is -1.88. The summed E-state index contributed by atoms with van der Waals surface area (Å²) in [6.07, 6.45) is 2.98. The van der Waals surface area contributed by atoms with E-state index in [4.69, 9.17) is 10.5 Å². The summed E-state index contributed by atoms with van der Waals surface area (Å²) in [4.78, 5) is 25.3. The summed E-state index contributed by atoms with van der Waals surface area (Å²) in [5.41, 5.74) is 7.83. The van der Waals surface area contributed by atoms with Crippen molar-refractivity contribution < 1.29 is 14.3 Å². The lowest BCUT2D eigenvalue weighted by Crippen LogP contribution is -2.42. The van der Waals surface area contributed by atoms with E-state index < -0.39 is 0 Å². The Morgan fingerprint density at radius 2 is 2.09 bits per heavy atom.